The van der Waals surface area contributed by atoms with Gasteiger partial charge in [0, 0.05) is 19.0 Å². The maximum Gasteiger partial charge on any atom is 0.227 e. The molecule has 1 unspecified atom stereocenters. The van der Waals surface area contributed by atoms with Gasteiger partial charge < -0.3 is 19.8 Å². The zero-order valence-electron chi connectivity index (χ0n) is 10.7. The van der Waals surface area contributed by atoms with Gasteiger partial charge in [-0.2, -0.15) is 0 Å². The molecule has 0 aromatic carbocycles. The van der Waals surface area contributed by atoms with Crippen LogP contribution < -0.4 is 10.6 Å². The minimum atomic E-state index is -0.102. The molecular formula is C12H14N4O3S. The van der Waals surface area contributed by atoms with Gasteiger partial charge in [-0.1, -0.05) is 11.3 Å². The van der Waals surface area contributed by atoms with Crippen molar-refractivity contribution in [3.8, 4) is 10.8 Å². The average molecular weight is 294 g/mol. The number of carbonyl (C=O) groups is 1. The Kier molecular flexibility index (Phi) is 4.05. The second kappa shape index (κ2) is 6.12. The third-order valence-corrected chi connectivity index (χ3v) is 3.69. The summed E-state index contributed by atoms with van der Waals surface area (Å²) >= 11 is 1.28. The number of furan rings is 1. The average Bonchev–Trinajstić information content (AvgIpc) is 3.10. The summed E-state index contributed by atoms with van der Waals surface area (Å²) in [7, 11) is 0. The molecule has 0 bridgehead atoms. The maximum absolute atomic E-state index is 11.9. The molecule has 1 aliphatic rings. The Morgan fingerprint density at radius 2 is 2.50 bits per heavy atom. The van der Waals surface area contributed by atoms with Gasteiger partial charge in [-0.15, -0.1) is 10.2 Å². The first-order valence-electron chi connectivity index (χ1n) is 6.29. The van der Waals surface area contributed by atoms with Crippen LogP contribution in [-0.2, 0) is 9.53 Å². The summed E-state index contributed by atoms with van der Waals surface area (Å²) in [5, 5.41) is 15.0. The molecule has 0 saturated carbocycles. The van der Waals surface area contributed by atoms with E-state index in [1.165, 1.54) is 11.3 Å². The second-order valence-corrected chi connectivity index (χ2v) is 5.35. The molecule has 1 atom stereocenters. The largest absolute Gasteiger partial charge is 0.462 e. The highest BCUT2D eigenvalue weighted by Gasteiger charge is 2.18. The molecule has 3 heterocycles. The predicted octanol–water partition coefficient (Wildman–Crippen LogP) is 1.12. The summed E-state index contributed by atoms with van der Waals surface area (Å²) in [4.78, 5) is 11.9. The molecule has 1 saturated heterocycles. The Bertz CT molecular complexity index is 563. The van der Waals surface area contributed by atoms with Crippen LogP contribution in [0.2, 0.25) is 0 Å². The highest BCUT2D eigenvalue weighted by atomic mass is 32.1. The SMILES string of the molecule is O=C(CC1COCCN1)Nc1nnc(-c2ccco2)s1. The minimum absolute atomic E-state index is 0.0567. The first-order valence-corrected chi connectivity index (χ1v) is 7.11. The Balaban J connectivity index is 1.56. The fourth-order valence-electron chi connectivity index (χ4n) is 1.92. The summed E-state index contributed by atoms with van der Waals surface area (Å²) in [5.41, 5.74) is 0. The molecule has 1 amide bonds. The topological polar surface area (TPSA) is 89.3 Å². The monoisotopic (exact) mass is 294 g/mol. The Hall–Kier alpha value is -1.77. The lowest BCUT2D eigenvalue weighted by Gasteiger charge is -2.22. The van der Waals surface area contributed by atoms with Gasteiger partial charge in [0.2, 0.25) is 11.0 Å². The molecule has 2 N–H and O–H groups in total. The molecule has 0 radical (unpaired) electrons. The van der Waals surface area contributed by atoms with Crippen molar-refractivity contribution in [1.29, 1.82) is 0 Å². The number of ether oxygens (including phenoxy) is 1. The lowest BCUT2D eigenvalue weighted by molar-refractivity contribution is -0.117. The van der Waals surface area contributed by atoms with Crippen molar-refractivity contribution in [2.24, 2.45) is 0 Å². The van der Waals surface area contributed by atoms with Gasteiger partial charge in [-0.25, -0.2) is 0 Å². The quantitative estimate of drug-likeness (QED) is 0.878. The van der Waals surface area contributed by atoms with Crippen LogP contribution in [0.15, 0.2) is 22.8 Å². The van der Waals surface area contributed by atoms with Crippen LogP contribution in [0, 0.1) is 0 Å². The van der Waals surface area contributed by atoms with Crippen molar-refractivity contribution < 1.29 is 13.9 Å². The van der Waals surface area contributed by atoms with E-state index in [4.69, 9.17) is 9.15 Å². The molecule has 8 heteroatoms. The Morgan fingerprint density at radius 3 is 3.25 bits per heavy atom. The van der Waals surface area contributed by atoms with Gasteiger partial charge >= 0.3 is 0 Å². The van der Waals surface area contributed by atoms with E-state index in [9.17, 15) is 4.79 Å². The van der Waals surface area contributed by atoms with E-state index >= 15 is 0 Å². The van der Waals surface area contributed by atoms with Gasteiger partial charge in [-0.05, 0) is 12.1 Å². The molecule has 2 aromatic rings. The second-order valence-electron chi connectivity index (χ2n) is 4.37. The zero-order valence-corrected chi connectivity index (χ0v) is 11.5. The third kappa shape index (κ3) is 3.21. The highest BCUT2D eigenvalue weighted by molar-refractivity contribution is 7.18. The summed E-state index contributed by atoms with van der Waals surface area (Å²) < 4.78 is 10.5. The first-order chi connectivity index (χ1) is 9.81. The molecule has 1 fully saturated rings. The fourth-order valence-corrected chi connectivity index (χ4v) is 2.65. The fraction of sp³-hybridized carbons (Fsp3) is 0.417. The van der Waals surface area contributed by atoms with Gasteiger partial charge in [0.15, 0.2) is 10.8 Å². The van der Waals surface area contributed by atoms with Gasteiger partial charge in [-0.3, -0.25) is 4.79 Å². The number of nitrogens with zero attached hydrogens (tertiary/aromatic N) is 2. The lowest BCUT2D eigenvalue weighted by Crippen LogP contribution is -2.43. The molecule has 7 nitrogen and oxygen atoms in total. The number of hydrogen-bond donors (Lipinski definition) is 2. The zero-order chi connectivity index (χ0) is 13.8. The Morgan fingerprint density at radius 1 is 1.55 bits per heavy atom. The number of anilines is 1. The van der Waals surface area contributed by atoms with Crippen LogP contribution >= 0.6 is 11.3 Å². The third-order valence-electron chi connectivity index (χ3n) is 2.83. The molecule has 3 rings (SSSR count). The molecule has 20 heavy (non-hydrogen) atoms. The van der Waals surface area contributed by atoms with Crippen LogP contribution in [-0.4, -0.2) is 41.9 Å². The summed E-state index contributed by atoms with van der Waals surface area (Å²) in [5.74, 6) is 0.542. The van der Waals surface area contributed by atoms with Crippen molar-refractivity contribution in [2.45, 2.75) is 12.5 Å². The van der Waals surface area contributed by atoms with E-state index in [0.717, 1.165) is 6.54 Å². The normalized spacial score (nSPS) is 18.9. The maximum atomic E-state index is 11.9. The van der Waals surface area contributed by atoms with Crippen molar-refractivity contribution in [3.63, 3.8) is 0 Å². The van der Waals surface area contributed by atoms with Crippen molar-refractivity contribution in [1.82, 2.24) is 15.5 Å². The van der Waals surface area contributed by atoms with E-state index < -0.39 is 0 Å². The van der Waals surface area contributed by atoms with Gasteiger partial charge in [0.1, 0.15) is 0 Å². The number of hydrogen-bond acceptors (Lipinski definition) is 7. The number of amides is 1. The summed E-state index contributed by atoms with van der Waals surface area (Å²) in [6.45, 7) is 2.03. The van der Waals surface area contributed by atoms with E-state index in [0.29, 0.717) is 35.5 Å². The lowest BCUT2D eigenvalue weighted by atomic mass is 10.2. The minimum Gasteiger partial charge on any atom is -0.462 e. The van der Waals surface area contributed by atoms with Crippen LogP contribution in [0.3, 0.4) is 0 Å². The predicted molar refractivity (Wildman–Crippen MR) is 73.5 cm³/mol. The smallest absolute Gasteiger partial charge is 0.227 e. The number of morpholine rings is 1. The number of aromatic nitrogens is 2. The van der Waals surface area contributed by atoms with Crippen LogP contribution in [0.4, 0.5) is 5.13 Å². The molecule has 0 aliphatic carbocycles. The van der Waals surface area contributed by atoms with E-state index in [2.05, 4.69) is 20.8 Å². The van der Waals surface area contributed by atoms with Crippen LogP contribution in [0.25, 0.3) is 10.8 Å². The van der Waals surface area contributed by atoms with Crippen molar-refractivity contribution in [3.05, 3.63) is 18.4 Å². The first kappa shape index (κ1) is 13.2. The Labute approximate surface area is 119 Å². The van der Waals surface area contributed by atoms with E-state index in [1.54, 1.807) is 18.4 Å². The van der Waals surface area contributed by atoms with E-state index in [-0.39, 0.29) is 11.9 Å². The van der Waals surface area contributed by atoms with Crippen molar-refractivity contribution >= 4 is 22.4 Å². The number of nitrogens with one attached hydrogen (secondary N) is 2. The molecular weight excluding hydrogens is 280 g/mol. The molecule has 0 spiro atoms. The highest BCUT2D eigenvalue weighted by Crippen LogP contribution is 2.26. The van der Waals surface area contributed by atoms with E-state index in [1.807, 2.05) is 0 Å². The molecule has 106 valence electrons. The van der Waals surface area contributed by atoms with Crippen LogP contribution in [0.1, 0.15) is 6.42 Å². The standard InChI is InChI=1S/C12H14N4O3S/c17-10(6-8-7-18-5-3-13-8)14-12-16-15-11(20-12)9-2-1-4-19-9/h1-2,4,8,13H,3,5-7H2,(H,14,16,17). The summed E-state index contributed by atoms with van der Waals surface area (Å²) in [6, 6.07) is 3.64. The van der Waals surface area contributed by atoms with Gasteiger partial charge in [0.05, 0.1) is 19.5 Å². The van der Waals surface area contributed by atoms with Gasteiger partial charge in [0.25, 0.3) is 0 Å². The number of rotatable bonds is 4. The van der Waals surface area contributed by atoms with Crippen molar-refractivity contribution in [2.75, 3.05) is 25.1 Å². The summed E-state index contributed by atoms with van der Waals surface area (Å²) in [6.07, 6.45) is 1.93. The molecule has 2 aromatic heterocycles. The van der Waals surface area contributed by atoms with Crippen LogP contribution in [0.5, 0.6) is 0 Å². The molecule has 1 aliphatic heterocycles. The number of carbonyl (C=O) groups excluding carboxylic acids is 1.